The topological polar surface area (TPSA) is 34.0 Å². The molecule has 0 bridgehead atoms. The van der Waals surface area contributed by atoms with Gasteiger partial charge in [-0.1, -0.05) is 30.3 Å². The molecule has 2 aromatic carbocycles. The Morgan fingerprint density at radius 1 is 1.09 bits per heavy atom. The van der Waals surface area contributed by atoms with Crippen molar-refractivity contribution in [3.8, 4) is 0 Å². The summed E-state index contributed by atoms with van der Waals surface area (Å²) in [6, 6.07) is 16.2. The molecule has 0 saturated carbocycles. The molecule has 0 radical (unpaired) electrons. The molecular weight excluding hydrogens is 272 g/mol. The highest BCUT2D eigenvalue weighted by atomic mass is 16.1. The number of aromatic nitrogens is 1. The highest BCUT2D eigenvalue weighted by molar-refractivity contribution is 6.04. The van der Waals surface area contributed by atoms with E-state index in [9.17, 15) is 4.79 Å². The van der Waals surface area contributed by atoms with Crippen molar-refractivity contribution in [2.75, 3.05) is 5.32 Å². The maximum absolute atomic E-state index is 12.5. The fraction of sp³-hybridized carbons (Fsp3) is 0.211. The van der Waals surface area contributed by atoms with Crippen molar-refractivity contribution in [3.63, 3.8) is 0 Å². The van der Waals surface area contributed by atoms with Gasteiger partial charge in [0.15, 0.2) is 5.78 Å². The zero-order valence-corrected chi connectivity index (χ0v) is 12.8. The van der Waals surface area contributed by atoms with Crippen LogP contribution in [0.4, 0.5) is 5.69 Å². The Bertz CT molecular complexity index is 892. The van der Waals surface area contributed by atoms with Gasteiger partial charge in [-0.2, -0.15) is 0 Å². The molecule has 3 heteroatoms. The quantitative estimate of drug-likeness (QED) is 0.728. The van der Waals surface area contributed by atoms with Crippen molar-refractivity contribution in [2.24, 2.45) is 7.05 Å². The van der Waals surface area contributed by atoms with Gasteiger partial charge in [0, 0.05) is 46.9 Å². The highest BCUT2D eigenvalue weighted by Gasteiger charge is 2.28. The number of carbonyl (C=O) groups is 1. The molecule has 22 heavy (non-hydrogen) atoms. The van der Waals surface area contributed by atoms with E-state index in [0.29, 0.717) is 6.42 Å². The first-order valence-electron chi connectivity index (χ1n) is 7.59. The van der Waals surface area contributed by atoms with Crippen molar-refractivity contribution < 1.29 is 4.79 Å². The van der Waals surface area contributed by atoms with Gasteiger partial charge in [-0.05, 0) is 25.1 Å². The summed E-state index contributed by atoms with van der Waals surface area (Å²) >= 11 is 0. The van der Waals surface area contributed by atoms with E-state index < -0.39 is 0 Å². The maximum Gasteiger partial charge on any atom is 0.167 e. The number of hydrogen-bond donors (Lipinski definition) is 1. The molecule has 0 saturated heterocycles. The van der Waals surface area contributed by atoms with Gasteiger partial charge in [-0.25, -0.2) is 0 Å². The largest absolute Gasteiger partial charge is 0.377 e. The van der Waals surface area contributed by atoms with Crippen molar-refractivity contribution >= 4 is 22.4 Å². The van der Waals surface area contributed by atoms with Gasteiger partial charge in [0.2, 0.25) is 0 Å². The third-order valence-corrected chi connectivity index (χ3v) is 4.74. The first kappa shape index (κ1) is 13.1. The smallest absolute Gasteiger partial charge is 0.167 e. The Balaban J connectivity index is 1.88. The van der Waals surface area contributed by atoms with Gasteiger partial charge < -0.3 is 9.88 Å². The van der Waals surface area contributed by atoms with E-state index in [2.05, 4.69) is 48.1 Å². The summed E-state index contributed by atoms with van der Waals surface area (Å²) in [6.45, 7) is 2.13. The molecule has 1 unspecified atom stereocenters. The number of benzene rings is 2. The molecule has 0 spiro atoms. The number of Topliss-reactive ketones (excluding diaryl/α,β-unsaturated/α-hetero) is 1. The fourth-order valence-electron chi connectivity index (χ4n) is 3.55. The predicted molar refractivity (Wildman–Crippen MR) is 89.4 cm³/mol. The molecule has 1 aromatic heterocycles. The second-order valence-electron chi connectivity index (χ2n) is 5.95. The lowest BCUT2D eigenvalue weighted by atomic mass is 9.91. The Hall–Kier alpha value is -2.55. The lowest BCUT2D eigenvalue weighted by Gasteiger charge is -2.26. The van der Waals surface area contributed by atoms with Crippen LogP contribution in [0.5, 0.6) is 0 Å². The molecule has 1 aliphatic rings. The second-order valence-corrected chi connectivity index (χ2v) is 5.95. The minimum atomic E-state index is 0.0356. The van der Waals surface area contributed by atoms with E-state index in [1.165, 1.54) is 22.2 Å². The number of nitrogens with zero attached hydrogens (tertiary/aromatic N) is 1. The van der Waals surface area contributed by atoms with Crippen molar-refractivity contribution in [3.05, 3.63) is 65.4 Å². The number of ketones is 1. The second kappa shape index (κ2) is 4.73. The van der Waals surface area contributed by atoms with Crippen LogP contribution in [0.1, 0.15) is 34.1 Å². The number of fused-ring (bicyclic) bond motifs is 2. The average Bonchev–Trinajstić information content (AvgIpc) is 2.79. The predicted octanol–water partition coefficient (Wildman–Crippen LogP) is 4.23. The summed E-state index contributed by atoms with van der Waals surface area (Å²) in [6.07, 6.45) is 0.506. The van der Waals surface area contributed by atoms with Gasteiger partial charge in [0.25, 0.3) is 0 Å². The Labute approximate surface area is 129 Å². The van der Waals surface area contributed by atoms with Gasteiger partial charge >= 0.3 is 0 Å². The lowest BCUT2D eigenvalue weighted by molar-refractivity contribution is 0.0972. The molecule has 0 aliphatic carbocycles. The molecule has 3 aromatic rings. The third-order valence-electron chi connectivity index (χ3n) is 4.74. The summed E-state index contributed by atoms with van der Waals surface area (Å²) in [5.41, 5.74) is 5.41. The van der Waals surface area contributed by atoms with E-state index in [4.69, 9.17) is 0 Å². The van der Waals surface area contributed by atoms with Crippen LogP contribution in [0.15, 0.2) is 48.5 Å². The Morgan fingerprint density at radius 3 is 2.68 bits per heavy atom. The Kier molecular flexibility index (Phi) is 2.83. The van der Waals surface area contributed by atoms with E-state index in [-0.39, 0.29) is 11.8 Å². The van der Waals surface area contributed by atoms with Gasteiger partial charge in [-0.15, -0.1) is 0 Å². The van der Waals surface area contributed by atoms with E-state index in [0.717, 1.165) is 11.3 Å². The van der Waals surface area contributed by atoms with Crippen molar-refractivity contribution in [2.45, 2.75) is 19.4 Å². The summed E-state index contributed by atoms with van der Waals surface area (Å²) in [5, 5.41) is 4.78. The SMILES string of the molecule is Cc1c(C2CC(=O)c3ccccc3N2)c2ccccc2n1C. The van der Waals surface area contributed by atoms with Gasteiger partial charge in [0.05, 0.1) is 6.04 Å². The maximum atomic E-state index is 12.5. The minimum absolute atomic E-state index is 0.0356. The molecule has 0 fully saturated rings. The van der Waals surface area contributed by atoms with Crippen LogP contribution in [-0.2, 0) is 7.05 Å². The van der Waals surface area contributed by atoms with E-state index in [1.807, 2.05) is 24.3 Å². The first-order valence-corrected chi connectivity index (χ1v) is 7.59. The normalized spacial score (nSPS) is 17.4. The fourth-order valence-corrected chi connectivity index (χ4v) is 3.55. The summed E-state index contributed by atoms with van der Waals surface area (Å²) in [7, 11) is 2.08. The monoisotopic (exact) mass is 290 g/mol. The molecular formula is C19H18N2O. The molecule has 1 atom stereocenters. The van der Waals surface area contributed by atoms with Crippen molar-refractivity contribution in [1.82, 2.24) is 4.57 Å². The molecule has 1 aliphatic heterocycles. The average molecular weight is 290 g/mol. The van der Waals surface area contributed by atoms with Crippen LogP contribution in [0.2, 0.25) is 0 Å². The molecule has 0 amide bonds. The number of para-hydroxylation sites is 2. The molecule has 4 rings (SSSR count). The third kappa shape index (κ3) is 1.78. The standard InChI is InChI=1S/C19H18N2O/c1-12-19(14-8-4-6-10-17(14)21(12)2)16-11-18(22)13-7-3-5-9-15(13)20-16/h3-10,16,20H,11H2,1-2H3. The molecule has 1 N–H and O–H groups in total. The zero-order chi connectivity index (χ0) is 15.3. The summed E-state index contributed by atoms with van der Waals surface area (Å²) in [4.78, 5) is 12.5. The first-order chi connectivity index (χ1) is 10.7. The number of nitrogens with one attached hydrogen (secondary N) is 1. The lowest BCUT2D eigenvalue weighted by Crippen LogP contribution is -2.23. The zero-order valence-electron chi connectivity index (χ0n) is 12.8. The van der Waals surface area contributed by atoms with Crippen LogP contribution < -0.4 is 5.32 Å². The van der Waals surface area contributed by atoms with Crippen LogP contribution >= 0.6 is 0 Å². The van der Waals surface area contributed by atoms with Crippen LogP contribution in [-0.4, -0.2) is 10.4 Å². The number of carbonyl (C=O) groups excluding carboxylic acids is 1. The summed E-state index contributed by atoms with van der Waals surface area (Å²) in [5.74, 6) is 0.215. The highest BCUT2D eigenvalue weighted by Crippen LogP contribution is 2.38. The van der Waals surface area contributed by atoms with Gasteiger partial charge in [-0.3, -0.25) is 4.79 Å². The van der Waals surface area contributed by atoms with Crippen LogP contribution in [0.3, 0.4) is 0 Å². The van der Waals surface area contributed by atoms with Gasteiger partial charge in [0.1, 0.15) is 0 Å². The minimum Gasteiger partial charge on any atom is -0.377 e. The van der Waals surface area contributed by atoms with Crippen molar-refractivity contribution in [1.29, 1.82) is 0 Å². The molecule has 110 valence electrons. The number of rotatable bonds is 1. The number of anilines is 1. The van der Waals surface area contributed by atoms with Crippen LogP contribution in [0, 0.1) is 6.92 Å². The number of aryl methyl sites for hydroxylation is 1. The van der Waals surface area contributed by atoms with Crippen LogP contribution in [0.25, 0.3) is 10.9 Å². The molecule has 3 nitrogen and oxygen atoms in total. The number of hydrogen-bond acceptors (Lipinski definition) is 2. The van der Waals surface area contributed by atoms with E-state index >= 15 is 0 Å². The molecule has 2 heterocycles. The summed E-state index contributed by atoms with van der Waals surface area (Å²) < 4.78 is 2.21. The van der Waals surface area contributed by atoms with E-state index in [1.54, 1.807) is 0 Å². The Morgan fingerprint density at radius 2 is 1.82 bits per heavy atom.